The first kappa shape index (κ1) is 20.9. The molecule has 5 heteroatoms. The maximum absolute atomic E-state index is 11.9. The highest BCUT2D eigenvalue weighted by Gasteiger charge is 2.29. The Morgan fingerprint density at radius 3 is 2.71 bits per heavy atom. The Hall–Kier alpha value is -3.34. The van der Waals surface area contributed by atoms with Gasteiger partial charge in [0.05, 0.1) is 11.9 Å². The van der Waals surface area contributed by atoms with E-state index in [1.165, 1.54) is 22.7 Å². The van der Waals surface area contributed by atoms with Gasteiger partial charge in [-0.15, -0.1) is 0 Å². The van der Waals surface area contributed by atoms with Gasteiger partial charge in [-0.3, -0.25) is 9.59 Å². The molecule has 0 spiro atoms. The van der Waals surface area contributed by atoms with E-state index < -0.39 is 0 Å². The van der Waals surface area contributed by atoms with Crippen LogP contribution in [-0.4, -0.2) is 16.8 Å². The van der Waals surface area contributed by atoms with Crippen LogP contribution in [-0.2, 0) is 28.9 Å². The summed E-state index contributed by atoms with van der Waals surface area (Å²) in [6.07, 6.45) is 4.55. The first-order valence-corrected chi connectivity index (χ1v) is 10.7. The Kier molecular flexibility index (Phi) is 5.21. The highest BCUT2D eigenvalue weighted by molar-refractivity contribution is 6.04. The van der Waals surface area contributed by atoms with Crippen molar-refractivity contribution in [1.82, 2.24) is 4.98 Å². The molecule has 3 aromatic rings. The molecule has 2 aromatic carbocycles. The van der Waals surface area contributed by atoms with Gasteiger partial charge < -0.3 is 16.0 Å². The molecule has 0 saturated heterocycles. The molecule has 0 radical (unpaired) electrons. The number of aromatic nitrogens is 1. The SMILES string of the molecule is C=CC(=O)Nc1cccc(-c2ccc(CC(N)=O)c3[nH]c4c(c23)CCC(C)(C)C4)c1C. The summed E-state index contributed by atoms with van der Waals surface area (Å²) in [7, 11) is 0. The number of H-pyrrole nitrogens is 1. The van der Waals surface area contributed by atoms with Gasteiger partial charge in [-0.1, -0.05) is 44.7 Å². The van der Waals surface area contributed by atoms with Crippen molar-refractivity contribution in [2.45, 2.75) is 46.5 Å². The molecule has 2 amide bonds. The largest absolute Gasteiger partial charge is 0.369 e. The standard InChI is InChI=1S/C26H29N3O2/c1-5-23(31)28-20-8-6-7-17(15(20)2)18-10-9-16(13-22(27)30)25-24(18)19-11-12-26(3,4)14-21(19)29-25/h5-10,29H,1,11-14H2,2-4H3,(H2,27,30)(H,28,31). The van der Waals surface area contributed by atoms with E-state index in [0.29, 0.717) is 0 Å². The molecule has 4 N–H and O–H groups in total. The number of aryl methyl sites for hydroxylation is 1. The lowest BCUT2D eigenvalue weighted by Gasteiger charge is -2.29. The number of aromatic amines is 1. The lowest BCUT2D eigenvalue weighted by atomic mass is 9.76. The Morgan fingerprint density at radius 1 is 1.23 bits per heavy atom. The Morgan fingerprint density at radius 2 is 2.00 bits per heavy atom. The zero-order valence-electron chi connectivity index (χ0n) is 18.4. The predicted octanol–water partition coefficient (Wildman–Crippen LogP) is 4.81. The maximum Gasteiger partial charge on any atom is 0.247 e. The first-order valence-electron chi connectivity index (χ1n) is 10.7. The van der Waals surface area contributed by atoms with Crippen LogP contribution in [0.15, 0.2) is 43.0 Å². The number of hydrogen-bond donors (Lipinski definition) is 3. The van der Waals surface area contributed by atoms with Gasteiger partial charge in [0.1, 0.15) is 0 Å². The van der Waals surface area contributed by atoms with E-state index in [-0.39, 0.29) is 23.7 Å². The second kappa shape index (κ2) is 7.73. The molecule has 31 heavy (non-hydrogen) atoms. The number of carbonyl (C=O) groups is 2. The minimum Gasteiger partial charge on any atom is -0.369 e. The van der Waals surface area contributed by atoms with Gasteiger partial charge in [0.2, 0.25) is 11.8 Å². The molecule has 0 fully saturated rings. The molecule has 0 saturated carbocycles. The predicted molar refractivity (Wildman–Crippen MR) is 126 cm³/mol. The fourth-order valence-corrected chi connectivity index (χ4v) is 4.74. The molecule has 1 heterocycles. The fourth-order valence-electron chi connectivity index (χ4n) is 4.74. The van der Waals surface area contributed by atoms with Crippen molar-refractivity contribution in [3.63, 3.8) is 0 Å². The quantitative estimate of drug-likeness (QED) is 0.522. The van der Waals surface area contributed by atoms with Gasteiger partial charge in [0.15, 0.2) is 0 Å². The summed E-state index contributed by atoms with van der Waals surface area (Å²) in [5, 5.41) is 4.06. The summed E-state index contributed by atoms with van der Waals surface area (Å²) in [4.78, 5) is 27.2. The number of fused-ring (bicyclic) bond motifs is 3. The number of nitrogens with one attached hydrogen (secondary N) is 2. The van der Waals surface area contributed by atoms with Crippen LogP contribution in [0.2, 0.25) is 0 Å². The van der Waals surface area contributed by atoms with E-state index in [2.05, 4.69) is 42.9 Å². The molecule has 1 aliphatic rings. The van der Waals surface area contributed by atoms with Crippen LogP contribution in [0.3, 0.4) is 0 Å². The number of amides is 2. The molecule has 4 rings (SSSR count). The number of carbonyl (C=O) groups excluding carboxylic acids is 2. The second-order valence-electron chi connectivity index (χ2n) is 9.26. The topological polar surface area (TPSA) is 88.0 Å². The van der Waals surface area contributed by atoms with Crippen LogP contribution in [0.5, 0.6) is 0 Å². The molecule has 1 aromatic heterocycles. The monoisotopic (exact) mass is 415 g/mol. The minimum atomic E-state index is -0.340. The van der Waals surface area contributed by atoms with E-state index in [9.17, 15) is 9.59 Å². The number of anilines is 1. The lowest BCUT2D eigenvalue weighted by Crippen LogP contribution is -2.21. The number of primary amides is 1. The summed E-state index contributed by atoms with van der Waals surface area (Å²) in [5.74, 6) is -0.573. The third-order valence-electron chi connectivity index (χ3n) is 6.37. The van der Waals surface area contributed by atoms with E-state index in [4.69, 9.17) is 5.73 Å². The van der Waals surface area contributed by atoms with Crippen LogP contribution in [0.25, 0.3) is 22.0 Å². The Balaban J connectivity index is 1.95. The van der Waals surface area contributed by atoms with Gasteiger partial charge in [0, 0.05) is 16.8 Å². The number of rotatable bonds is 5. The number of hydrogen-bond acceptors (Lipinski definition) is 2. The van der Waals surface area contributed by atoms with Crippen molar-refractivity contribution in [2.75, 3.05) is 5.32 Å². The average Bonchev–Trinajstić information content (AvgIpc) is 3.07. The fraction of sp³-hybridized carbons (Fsp3) is 0.308. The van der Waals surface area contributed by atoms with Crippen molar-refractivity contribution in [2.24, 2.45) is 11.1 Å². The van der Waals surface area contributed by atoms with E-state index in [0.717, 1.165) is 52.7 Å². The van der Waals surface area contributed by atoms with Crippen LogP contribution in [0.4, 0.5) is 5.69 Å². The first-order chi connectivity index (χ1) is 14.7. The van der Waals surface area contributed by atoms with Gasteiger partial charge >= 0.3 is 0 Å². The maximum atomic E-state index is 11.9. The van der Waals surface area contributed by atoms with Crippen LogP contribution >= 0.6 is 0 Å². The molecular formula is C26H29N3O2. The number of benzene rings is 2. The Labute approximate surface area is 182 Å². The molecule has 0 unspecified atom stereocenters. The summed E-state index contributed by atoms with van der Waals surface area (Å²) in [6.45, 7) is 10.1. The van der Waals surface area contributed by atoms with Crippen molar-refractivity contribution < 1.29 is 9.59 Å². The van der Waals surface area contributed by atoms with Gasteiger partial charge in [-0.2, -0.15) is 0 Å². The van der Waals surface area contributed by atoms with Crippen molar-refractivity contribution in [3.8, 4) is 11.1 Å². The number of nitrogens with two attached hydrogens (primary N) is 1. The molecule has 0 bridgehead atoms. The molecule has 5 nitrogen and oxygen atoms in total. The third-order valence-corrected chi connectivity index (χ3v) is 6.37. The zero-order valence-corrected chi connectivity index (χ0v) is 18.4. The van der Waals surface area contributed by atoms with E-state index >= 15 is 0 Å². The molecule has 1 aliphatic carbocycles. The molecule has 160 valence electrons. The summed E-state index contributed by atoms with van der Waals surface area (Å²) in [6, 6.07) is 9.99. The van der Waals surface area contributed by atoms with Crippen LogP contribution in [0, 0.1) is 12.3 Å². The van der Waals surface area contributed by atoms with Crippen molar-refractivity contribution >= 4 is 28.4 Å². The van der Waals surface area contributed by atoms with Crippen molar-refractivity contribution in [3.05, 3.63) is 65.4 Å². The second-order valence-corrected chi connectivity index (χ2v) is 9.26. The summed E-state index contributed by atoms with van der Waals surface area (Å²) < 4.78 is 0. The Bertz CT molecular complexity index is 1220. The van der Waals surface area contributed by atoms with Gasteiger partial charge in [0.25, 0.3) is 0 Å². The third kappa shape index (κ3) is 3.88. The average molecular weight is 416 g/mol. The van der Waals surface area contributed by atoms with E-state index in [1.54, 1.807) is 0 Å². The van der Waals surface area contributed by atoms with E-state index in [1.807, 2.05) is 25.1 Å². The molecular weight excluding hydrogens is 386 g/mol. The summed E-state index contributed by atoms with van der Waals surface area (Å²) >= 11 is 0. The smallest absolute Gasteiger partial charge is 0.247 e. The summed E-state index contributed by atoms with van der Waals surface area (Å²) in [5.41, 5.74) is 14.2. The van der Waals surface area contributed by atoms with Gasteiger partial charge in [-0.25, -0.2) is 0 Å². The minimum absolute atomic E-state index is 0.202. The van der Waals surface area contributed by atoms with Crippen molar-refractivity contribution in [1.29, 1.82) is 0 Å². The molecule has 0 aliphatic heterocycles. The molecule has 0 atom stereocenters. The normalized spacial score (nSPS) is 14.8. The van der Waals surface area contributed by atoms with Crippen LogP contribution < -0.4 is 11.1 Å². The van der Waals surface area contributed by atoms with Crippen LogP contribution in [0.1, 0.15) is 42.7 Å². The highest BCUT2D eigenvalue weighted by atomic mass is 16.1. The highest BCUT2D eigenvalue weighted by Crippen LogP contribution is 2.43. The zero-order chi connectivity index (χ0) is 22.3. The van der Waals surface area contributed by atoms with Gasteiger partial charge in [-0.05, 0) is 71.6 Å². The lowest BCUT2D eigenvalue weighted by molar-refractivity contribution is -0.117.